The zero-order valence-corrected chi connectivity index (χ0v) is 12.0. The van der Waals surface area contributed by atoms with E-state index in [1.165, 1.54) is 24.8 Å². The first-order valence-electron chi connectivity index (χ1n) is 6.00. The molecule has 0 heterocycles. The van der Waals surface area contributed by atoms with Crippen molar-refractivity contribution in [1.29, 1.82) is 0 Å². The number of alkyl halides is 2. The summed E-state index contributed by atoms with van der Waals surface area (Å²) in [5.41, 5.74) is 0.537. The zero-order valence-electron chi connectivity index (χ0n) is 11.2. The van der Waals surface area contributed by atoms with Crippen LogP contribution < -0.4 is 10.1 Å². The van der Waals surface area contributed by atoms with Crippen LogP contribution in [0.5, 0.6) is 5.75 Å². The molecule has 1 unspecified atom stereocenters. The van der Waals surface area contributed by atoms with Crippen LogP contribution in [0.15, 0.2) is 24.3 Å². The highest BCUT2D eigenvalue weighted by molar-refractivity contribution is 7.98. The normalized spacial score (nSPS) is 12.0. The summed E-state index contributed by atoms with van der Waals surface area (Å²) in [5, 5.41) is 11.2. The molecule has 2 N–H and O–H groups in total. The van der Waals surface area contributed by atoms with Crippen molar-refractivity contribution in [2.24, 2.45) is 0 Å². The van der Waals surface area contributed by atoms with E-state index in [1.54, 1.807) is 18.2 Å². The molecule has 8 heteroatoms. The molecule has 0 radical (unpaired) electrons. The van der Waals surface area contributed by atoms with Gasteiger partial charge in [0, 0.05) is 24.0 Å². The van der Waals surface area contributed by atoms with Gasteiger partial charge in [-0.3, -0.25) is 4.79 Å². The average Bonchev–Trinajstić information content (AvgIpc) is 2.38. The molecule has 0 saturated heterocycles. The van der Waals surface area contributed by atoms with E-state index in [-0.39, 0.29) is 11.5 Å². The van der Waals surface area contributed by atoms with Gasteiger partial charge in [-0.1, -0.05) is 18.2 Å². The van der Waals surface area contributed by atoms with Crippen molar-refractivity contribution in [2.75, 3.05) is 5.75 Å². The SMILES string of the molecule is CC(=O)NC(CSCc1ccccc1OC(F)F)C(=O)O. The first-order valence-corrected chi connectivity index (χ1v) is 7.16. The Hall–Kier alpha value is -1.83. The number of halogens is 2. The number of carbonyl (C=O) groups is 2. The predicted molar refractivity (Wildman–Crippen MR) is 74.5 cm³/mol. The number of nitrogens with one attached hydrogen (secondary N) is 1. The van der Waals surface area contributed by atoms with Gasteiger partial charge in [0.1, 0.15) is 11.8 Å². The van der Waals surface area contributed by atoms with E-state index >= 15 is 0 Å². The number of aliphatic carboxylic acids is 1. The van der Waals surface area contributed by atoms with Gasteiger partial charge in [-0.15, -0.1) is 0 Å². The number of rotatable bonds is 8. The summed E-state index contributed by atoms with van der Waals surface area (Å²) in [4.78, 5) is 21.8. The van der Waals surface area contributed by atoms with E-state index in [2.05, 4.69) is 10.1 Å². The van der Waals surface area contributed by atoms with Crippen LogP contribution in [0.4, 0.5) is 8.78 Å². The van der Waals surface area contributed by atoms with Crippen molar-refractivity contribution in [3.05, 3.63) is 29.8 Å². The second kappa shape index (κ2) is 8.46. The highest BCUT2D eigenvalue weighted by Crippen LogP contribution is 2.24. The van der Waals surface area contributed by atoms with Crippen molar-refractivity contribution in [2.45, 2.75) is 25.3 Å². The number of hydrogen-bond acceptors (Lipinski definition) is 4. The molecule has 0 spiro atoms. The molecule has 1 atom stereocenters. The largest absolute Gasteiger partial charge is 0.480 e. The van der Waals surface area contributed by atoms with Crippen LogP contribution in [-0.4, -0.2) is 35.4 Å². The Balaban J connectivity index is 2.58. The van der Waals surface area contributed by atoms with Crippen LogP contribution >= 0.6 is 11.8 Å². The van der Waals surface area contributed by atoms with E-state index < -0.39 is 24.5 Å². The number of benzene rings is 1. The summed E-state index contributed by atoms with van der Waals surface area (Å²) < 4.78 is 28.9. The maximum Gasteiger partial charge on any atom is 0.387 e. The van der Waals surface area contributed by atoms with Crippen molar-refractivity contribution >= 4 is 23.6 Å². The van der Waals surface area contributed by atoms with Gasteiger partial charge in [0.25, 0.3) is 0 Å². The first-order chi connectivity index (χ1) is 9.90. The van der Waals surface area contributed by atoms with E-state index in [0.717, 1.165) is 0 Å². The van der Waals surface area contributed by atoms with E-state index in [0.29, 0.717) is 11.3 Å². The quantitative estimate of drug-likeness (QED) is 0.767. The molecule has 0 aliphatic heterocycles. The van der Waals surface area contributed by atoms with Crippen LogP contribution in [0.3, 0.4) is 0 Å². The van der Waals surface area contributed by atoms with Gasteiger partial charge in [-0.2, -0.15) is 20.5 Å². The summed E-state index contributed by atoms with van der Waals surface area (Å²) in [6.07, 6.45) is 0. The van der Waals surface area contributed by atoms with E-state index in [4.69, 9.17) is 5.11 Å². The molecule has 1 aromatic rings. The molecule has 116 valence electrons. The molecule has 0 bridgehead atoms. The molecule has 0 aromatic heterocycles. The Kier molecular flexibility index (Phi) is 6.93. The molecule has 21 heavy (non-hydrogen) atoms. The number of thioether (sulfide) groups is 1. The molecule has 0 saturated carbocycles. The first kappa shape index (κ1) is 17.2. The van der Waals surface area contributed by atoms with Crippen molar-refractivity contribution in [1.82, 2.24) is 5.32 Å². The van der Waals surface area contributed by atoms with Crippen LogP contribution in [-0.2, 0) is 15.3 Å². The van der Waals surface area contributed by atoms with Gasteiger partial charge in [0.05, 0.1) is 0 Å². The fraction of sp³-hybridized carbons (Fsp3) is 0.385. The number of para-hydroxylation sites is 1. The molecule has 1 aromatic carbocycles. The molecular formula is C13H15F2NO4S. The van der Waals surface area contributed by atoms with Gasteiger partial charge < -0.3 is 15.2 Å². The number of hydrogen-bond donors (Lipinski definition) is 2. The monoisotopic (exact) mass is 319 g/mol. The van der Waals surface area contributed by atoms with Gasteiger partial charge in [-0.05, 0) is 6.07 Å². The number of carboxylic acids is 1. The minimum Gasteiger partial charge on any atom is -0.480 e. The second-order valence-electron chi connectivity index (χ2n) is 4.09. The summed E-state index contributed by atoms with van der Waals surface area (Å²) in [5.74, 6) is -1.10. The lowest BCUT2D eigenvalue weighted by Crippen LogP contribution is -2.41. The fourth-order valence-electron chi connectivity index (χ4n) is 1.54. The van der Waals surface area contributed by atoms with Crippen molar-refractivity contribution < 1.29 is 28.2 Å². The van der Waals surface area contributed by atoms with Gasteiger partial charge in [0.2, 0.25) is 5.91 Å². The Morgan fingerprint density at radius 1 is 1.38 bits per heavy atom. The standard InChI is InChI=1S/C13H15F2NO4S/c1-8(17)16-10(12(18)19)7-21-6-9-4-2-3-5-11(9)20-13(14)15/h2-5,10,13H,6-7H2,1H3,(H,16,17)(H,18,19). The number of carboxylic acid groups (broad SMARTS) is 1. The maximum absolute atomic E-state index is 12.2. The third-order valence-corrected chi connectivity index (χ3v) is 3.49. The van der Waals surface area contributed by atoms with Gasteiger partial charge >= 0.3 is 12.6 Å². The highest BCUT2D eigenvalue weighted by Gasteiger charge is 2.18. The van der Waals surface area contributed by atoms with Crippen LogP contribution in [0, 0.1) is 0 Å². The molecule has 5 nitrogen and oxygen atoms in total. The Morgan fingerprint density at radius 3 is 2.62 bits per heavy atom. The smallest absolute Gasteiger partial charge is 0.387 e. The molecule has 0 fully saturated rings. The van der Waals surface area contributed by atoms with Gasteiger partial charge in [0.15, 0.2) is 0 Å². The molecule has 1 amide bonds. The summed E-state index contributed by atoms with van der Waals surface area (Å²) >= 11 is 1.21. The lowest BCUT2D eigenvalue weighted by Gasteiger charge is -2.14. The lowest BCUT2D eigenvalue weighted by molar-refractivity contribution is -0.140. The molecule has 1 rings (SSSR count). The van der Waals surface area contributed by atoms with Crippen LogP contribution in [0.2, 0.25) is 0 Å². The molecule has 0 aliphatic rings. The summed E-state index contributed by atoms with van der Waals surface area (Å²) in [6, 6.07) is 5.28. The predicted octanol–water partition coefficient (Wildman–Crippen LogP) is 2.11. The van der Waals surface area contributed by atoms with E-state index in [9.17, 15) is 18.4 Å². The van der Waals surface area contributed by atoms with Crippen molar-refractivity contribution in [3.63, 3.8) is 0 Å². The maximum atomic E-state index is 12.2. The minimum atomic E-state index is -2.91. The van der Waals surface area contributed by atoms with Crippen LogP contribution in [0.1, 0.15) is 12.5 Å². The topological polar surface area (TPSA) is 75.6 Å². The molecule has 0 aliphatic carbocycles. The summed E-state index contributed by atoms with van der Waals surface area (Å²) in [7, 11) is 0. The van der Waals surface area contributed by atoms with E-state index in [1.807, 2.05) is 0 Å². The highest BCUT2D eigenvalue weighted by atomic mass is 32.2. The third-order valence-electron chi connectivity index (χ3n) is 2.41. The lowest BCUT2D eigenvalue weighted by atomic mass is 10.2. The molecular weight excluding hydrogens is 304 g/mol. The minimum absolute atomic E-state index is 0.0615. The Labute approximate surface area is 124 Å². The Bertz CT molecular complexity index is 499. The zero-order chi connectivity index (χ0) is 15.8. The average molecular weight is 319 g/mol. The van der Waals surface area contributed by atoms with Crippen molar-refractivity contribution in [3.8, 4) is 5.75 Å². The number of ether oxygens (including phenoxy) is 1. The summed E-state index contributed by atoms with van der Waals surface area (Å²) in [6.45, 7) is -1.69. The Morgan fingerprint density at radius 2 is 2.05 bits per heavy atom. The van der Waals surface area contributed by atoms with Gasteiger partial charge in [-0.25, -0.2) is 4.79 Å². The van der Waals surface area contributed by atoms with Crippen LogP contribution in [0.25, 0.3) is 0 Å². The second-order valence-corrected chi connectivity index (χ2v) is 5.12. The number of carbonyl (C=O) groups excluding carboxylic acids is 1. The fourth-order valence-corrected chi connectivity index (χ4v) is 2.58. The number of amides is 1. The third kappa shape index (κ3) is 6.44.